The average Bonchev–Trinajstić information content (AvgIpc) is 3.41. The van der Waals surface area contributed by atoms with Gasteiger partial charge in [-0.2, -0.15) is 23.0 Å². The first kappa shape index (κ1) is 34.2. The van der Waals surface area contributed by atoms with Gasteiger partial charge in [-0.3, -0.25) is 9.59 Å². The summed E-state index contributed by atoms with van der Waals surface area (Å²) in [5.41, 5.74) is 7.36. The van der Waals surface area contributed by atoms with Crippen LogP contribution in [0.2, 0.25) is 0 Å². The minimum Gasteiger partial charge on any atom is -0.373 e. The minimum absolute atomic E-state index is 0.0972. The summed E-state index contributed by atoms with van der Waals surface area (Å²) in [6.07, 6.45) is 1.09. The molecule has 2 aromatic heterocycles. The summed E-state index contributed by atoms with van der Waals surface area (Å²) >= 11 is 0. The lowest BCUT2D eigenvalue weighted by Crippen LogP contribution is -2.30. The molecular weight excluding hydrogens is 623 g/mol. The number of nitrogens with one attached hydrogen (secondary N) is 3. The first-order valence-electron chi connectivity index (χ1n) is 15.9. The summed E-state index contributed by atoms with van der Waals surface area (Å²) in [5, 5.41) is 13.7. The molecule has 5 rings (SSSR count). The Morgan fingerprint density at radius 2 is 1.81 bits per heavy atom. The zero-order valence-corrected chi connectivity index (χ0v) is 27.2. The molecule has 48 heavy (non-hydrogen) atoms. The van der Waals surface area contributed by atoms with Crippen LogP contribution in [0.3, 0.4) is 0 Å². The molecule has 0 spiro atoms. The van der Waals surface area contributed by atoms with Crippen LogP contribution in [0.5, 0.6) is 0 Å². The van der Waals surface area contributed by atoms with Gasteiger partial charge in [-0.1, -0.05) is 18.9 Å². The van der Waals surface area contributed by atoms with Crippen LogP contribution in [0.4, 0.5) is 41.9 Å². The molecule has 1 saturated heterocycles. The summed E-state index contributed by atoms with van der Waals surface area (Å²) in [5.74, 6) is 1.01. The largest absolute Gasteiger partial charge is 0.416 e. The number of carbonyl (C=O) groups excluding carboxylic acids is 2. The molecule has 0 aliphatic carbocycles. The SMILES string of the molecule is CNc1cc(-n2nc(C)cc2Nc2cc(NC(=O)c3cc(N4CCCCC(CCC(N)=O)CC4)cc(C(F)(F)F)c3)ccc2C)ncn1. The van der Waals surface area contributed by atoms with Crippen molar-refractivity contribution in [3.63, 3.8) is 0 Å². The van der Waals surface area contributed by atoms with E-state index >= 15 is 0 Å². The number of benzene rings is 2. The van der Waals surface area contributed by atoms with Crippen LogP contribution in [0.1, 0.15) is 65.7 Å². The van der Waals surface area contributed by atoms with Gasteiger partial charge >= 0.3 is 6.18 Å². The number of nitrogens with zero attached hydrogens (tertiary/aromatic N) is 5. The number of rotatable bonds is 10. The van der Waals surface area contributed by atoms with Gasteiger partial charge in [0.25, 0.3) is 5.91 Å². The topological polar surface area (TPSA) is 143 Å². The maximum atomic E-state index is 14.1. The van der Waals surface area contributed by atoms with Crippen molar-refractivity contribution in [2.75, 3.05) is 41.0 Å². The molecule has 5 N–H and O–H groups in total. The van der Waals surface area contributed by atoms with E-state index in [2.05, 4.69) is 31.0 Å². The van der Waals surface area contributed by atoms with Crippen molar-refractivity contribution in [1.29, 1.82) is 0 Å². The Balaban J connectivity index is 1.38. The number of alkyl halides is 3. The highest BCUT2D eigenvalue weighted by Crippen LogP contribution is 2.35. The smallest absolute Gasteiger partial charge is 0.373 e. The zero-order chi connectivity index (χ0) is 34.4. The van der Waals surface area contributed by atoms with Crippen LogP contribution < -0.4 is 26.6 Å². The third kappa shape index (κ3) is 8.60. The van der Waals surface area contributed by atoms with Gasteiger partial charge in [0.1, 0.15) is 18.0 Å². The number of aryl methyl sites for hydroxylation is 2. The maximum absolute atomic E-state index is 14.1. The molecule has 14 heteroatoms. The zero-order valence-electron chi connectivity index (χ0n) is 27.2. The van der Waals surface area contributed by atoms with E-state index in [1.165, 1.54) is 12.4 Å². The number of nitrogens with two attached hydrogens (primary N) is 1. The van der Waals surface area contributed by atoms with Gasteiger partial charge in [0.2, 0.25) is 5.91 Å². The highest BCUT2D eigenvalue weighted by molar-refractivity contribution is 6.05. The Morgan fingerprint density at radius 1 is 1.00 bits per heavy atom. The molecule has 11 nitrogen and oxygen atoms in total. The first-order valence-corrected chi connectivity index (χ1v) is 15.9. The monoisotopic (exact) mass is 663 g/mol. The predicted octanol–water partition coefficient (Wildman–Crippen LogP) is 6.60. The third-order valence-corrected chi connectivity index (χ3v) is 8.48. The van der Waals surface area contributed by atoms with Crippen molar-refractivity contribution in [2.45, 2.75) is 58.5 Å². The Morgan fingerprint density at radius 3 is 2.56 bits per heavy atom. The highest BCUT2D eigenvalue weighted by Gasteiger charge is 2.32. The Kier molecular flexibility index (Phi) is 10.5. The summed E-state index contributed by atoms with van der Waals surface area (Å²) in [4.78, 5) is 35.2. The number of amides is 2. The van der Waals surface area contributed by atoms with Crippen LogP contribution in [0.15, 0.2) is 54.9 Å². The molecule has 1 aliphatic heterocycles. The lowest BCUT2D eigenvalue weighted by Gasteiger charge is -2.31. The molecule has 1 aliphatic rings. The fourth-order valence-corrected chi connectivity index (χ4v) is 5.85. The molecule has 2 amide bonds. The second-order valence-electron chi connectivity index (χ2n) is 12.1. The van der Waals surface area contributed by atoms with E-state index in [9.17, 15) is 22.8 Å². The molecule has 0 bridgehead atoms. The molecule has 254 valence electrons. The third-order valence-electron chi connectivity index (χ3n) is 8.48. The molecule has 0 saturated carbocycles. The van der Waals surface area contributed by atoms with Crippen LogP contribution in [-0.2, 0) is 11.0 Å². The van der Waals surface area contributed by atoms with Crippen molar-refractivity contribution in [1.82, 2.24) is 19.7 Å². The summed E-state index contributed by atoms with van der Waals surface area (Å²) in [7, 11) is 1.75. The number of hydrogen-bond acceptors (Lipinski definition) is 8. The van der Waals surface area contributed by atoms with Gasteiger partial charge in [0.15, 0.2) is 5.82 Å². The van der Waals surface area contributed by atoms with E-state index in [-0.39, 0.29) is 23.8 Å². The second-order valence-corrected chi connectivity index (χ2v) is 12.1. The van der Waals surface area contributed by atoms with E-state index in [1.54, 1.807) is 29.9 Å². The van der Waals surface area contributed by atoms with E-state index < -0.39 is 17.6 Å². The van der Waals surface area contributed by atoms with Gasteiger partial charge in [0, 0.05) is 61.3 Å². The quantitative estimate of drug-likeness (QED) is 0.149. The molecule has 1 fully saturated rings. The van der Waals surface area contributed by atoms with Crippen LogP contribution in [0, 0.1) is 19.8 Å². The maximum Gasteiger partial charge on any atom is 0.416 e. The first-order chi connectivity index (χ1) is 22.9. The Bertz CT molecular complexity index is 1770. The van der Waals surface area contributed by atoms with Gasteiger partial charge < -0.3 is 26.6 Å². The van der Waals surface area contributed by atoms with Crippen molar-refractivity contribution in [3.8, 4) is 5.82 Å². The number of halogens is 3. The van der Waals surface area contributed by atoms with E-state index in [1.807, 2.05) is 30.9 Å². The van der Waals surface area contributed by atoms with Crippen molar-refractivity contribution >= 4 is 40.5 Å². The van der Waals surface area contributed by atoms with Crippen LogP contribution in [-0.4, -0.2) is 51.7 Å². The van der Waals surface area contributed by atoms with E-state index in [0.717, 1.165) is 49.1 Å². The Labute approximate surface area is 277 Å². The lowest BCUT2D eigenvalue weighted by molar-refractivity contribution is -0.137. The van der Waals surface area contributed by atoms with E-state index in [4.69, 9.17) is 5.73 Å². The number of hydrogen-bond donors (Lipinski definition) is 4. The van der Waals surface area contributed by atoms with Crippen molar-refractivity contribution in [3.05, 3.63) is 77.2 Å². The number of carbonyl (C=O) groups is 2. The minimum atomic E-state index is -4.64. The van der Waals surface area contributed by atoms with Crippen molar-refractivity contribution < 1.29 is 22.8 Å². The summed E-state index contributed by atoms with van der Waals surface area (Å²) < 4.78 is 43.9. The van der Waals surface area contributed by atoms with Gasteiger partial charge in [-0.15, -0.1) is 0 Å². The normalized spacial score (nSPS) is 15.4. The highest BCUT2D eigenvalue weighted by atomic mass is 19.4. The molecule has 4 aromatic rings. The van der Waals surface area contributed by atoms with E-state index in [0.29, 0.717) is 54.0 Å². The molecule has 0 radical (unpaired) electrons. The fourth-order valence-electron chi connectivity index (χ4n) is 5.85. The average molecular weight is 664 g/mol. The lowest BCUT2D eigenvalue weighted by atomic mass is 9.91. The molecule has 2 aromatic carbocycles. The fraction of sp³-hybridized carbons (Fsp3) is 0.382. The van der Waals surface area contributed by atoms with Gasteiger partial charge in [-0.05, 0) is 74.9 Å². The Hall–Kier alpha value is -5.14. The second kappa shape index (κ2) is 14.7. The van der Waals surface area contributed by atoms with Crippen LogP contribution >= 0.6 is 0 Å². The summed E-state index contributed by atoms with van der Waals surface area (Å²) in [6.45, 7) is 4.83. The predicted molar refractivity (Wildman–Crippen MR) is 180 cm³/mol. The number of aromatic nitrogens is 4. The molecule has 1 unspecified atom stereocenters. The van der Waals surface area contributed by atoms with Crippen LogP contribution in [0.25, 0.3) is 5.82 Å². The van der Waals surface area contributed by atoms with Gasteiger partial charge in [-0.25, -0.2) is 9.97 Å². The number of anilines is 5. The molecule has 1 atom stereocenters. The standard InChI is InChI=1S/C34H40F3N9O2/c1-21-7-9-26(18-28(21)43-32-14-22(2)44-46(32)31-19-30(39-3)40-20-41-31)42-33(48)24-15-25(34(35,36)37)17-27(16-24)45-12-5-4-6-23(11-13-45)8-10-29(38)47/h7,9,14-20,23,43H,4-6,8,10-13H2,1-3H3,(H2,38,47)(H,42,48)(H,39,40,41). The molecular formula is C34H40F3N9O2. The summed E-state index contributed by atoms with van der Waals surface area (Å²) in [6, 6.07) is 12.3. The molecule has 3 heterocycles. The number of primary amides is 1. The van der Waals surface area contributed by atoms with Crippen molar-refractivity contribution in [2.24, 2.45) is 11.7 Å². The van der Waals surface area contributed by atoms with Gasteiger partial charge in [0.05, 0.1) is 11.3 Å².